The molecule has 0 fully saturated rings. The average molecular weight is 584 g/mol. The van der Waals surface area contributed by atoms with E-state index >= 15 is 0 Å². The fraction of sp³-hybridized carbons (Fsp3) is 0.355. The van der Waals surface area contributed by atoms with E-state index < -0.39 is 0 Å². The second kappa shape index (κ2) is 12.5. The highest BCUT2D eigenvalue weighted by molar-refractivity contribution is 7.16. The predicted molar refractivity (Wildman–Crippen MR) is 163 cm³/mol. The topological polar surface area (TPSA) is 59.9 Å². The Morgan fingerprint density at radius 3 is 2.64 bits per heavy atom. The lowest BCUT2D eigenvalue weighted by Gasteiger charge is -2.33. The molecule has 0 radical (unpaired) electrons. The minimum absolute atomic E-state index is 0.0790. The van der Waals surface area contributed by atoms with Crippen LogP contribution >= 0.6 is 34.5 Å². The van der Waals surface area contributed by atoms with Crippen molar-refractivity contribution in [3.63, 3.8) is 0 Å². The first-order valence-electron chi connectivity index (χ1n) is 12.9. The van der Waals surface area contributed by atoms with E-state index in [1.807, 2.05) is 6.92 Å². The smallest absolute Gasteiger partial charge is 0.259 e. The van der Waals surface area contributed by atoms with E-state index in [0.717, 1.165) is 30.4 Å². The van der Waals surface area contributed by atoms with Gasteiger partial charge in [-0.05, 0) is 85.0 Å². The molecule has 1 atom stereocenters. The molecule has 0 bridgehead atoms. The predicted octanol–water partition coefficient (Wildman–Crippen LogP) is 8.62. The molecule has 4 rings (SSSR count). The summed E-state index contributed by atoms with van der Waals surface area (Å²) in [7, 11) is 0. The number of hydrogen-bond acceptors (Lipinski definition) is 5. The lowest BCUT2D eigenvalue weighted by Crippen LogP contribution is -2.27. The number of carbonyl (C=O) groups is 1. The summed E-state index contributed by atoms with van der Waals surface area (Å²) in [6, 6.07) is 10.6. The molecule has 39 heavy (non-hydrogen) atoms. The zero-order chi connectivity index (χ0) is 28.2. The molecule has 0 saturated heterocycles. The maximum atomic E-state index is 13.6. The molecular weight excluding hydrogens is 551 g/mol. The van der Waals surface area contributed by atoms with Crippen molar-refractivity contribution >= 4 is 57.3 Å². The van der Waals surface area contributed by atoms with Crippen LogP contribution in [0, 0.1) is 23.7 Å². The van der Waals surface area contributed by atoms with Crippen molar-refractivity contribution in [1.82, 2.24) is 0 Å². The van der Waals surface area contributed by atoms with Gasteiger partial charge in [-0.3, -0.25) is 4.79 Å². The largest absolute Gasteiger partial charge is 0.490 e. The van der Waals surface area contributed by atoms with E-state index in [0.29, 0.717) is 50.3 Å². The fourth-order valence-corrected chi connectivity index (χ4v) is 6.34. The van der Waals surface area contributed by atoms with E-state index in [1.54, 1.807) is 53.9 Å². The highest BCUT2D eigenvalue weighted by Crippen LogP contribution is 2.45. The number of carbonyl (C=O) groups excluding carboxylic acids is 1. The molecular formula is C31H32Cl2N2O3S. The number of anilines is 1. The van der Waals surface area contributed by atoms with E-state index in [1.165, 1.54) is 4.88 Å². The number of fused-ring (bicyclic) bond motifs is 1. The summed E-state index contributed by atoms with van der Waals surface area (Å²) in [4.78, 5) is 19.6. The minimum Gasteiger partial charge on any atom is -0.490 e. The third-order valence-corrected chi connectivity index (χ3v) is 8.46. The molecule has 0 spiro atoms. The van der Waals surface area contributed by atoms with Crippen LogP contribution in [0.25, 0.3) is 0 Å². The Hall–Kier alpha value is -2.98. The zero-order valence-electron chi connectivity index (χ0n) is 22.6. The van der Waals surface area contributed by atoms with Crippen molar-refractivity contribution in [2.24, 2.45) is 16.3 Å². The van der Waals surface area contributed by atoms with Crippen molar-refractivity contribution in [2.75, 3.05) is 18.5 Å². The van der Waals surface area contributed by atoms with Gasteiger partial charge in [0.05, 0.1) is 17.2 Å². The van der Waals surface area contributed by atoms with Crippen molar-refractivity contribution in [1.29, 1.82) is 0 Å². The summed E-state index contributed by atoms with van der Waals surface area (Å²) in [6.45, 7) is 9.23. The SMILES string of the molecule is C#CCOc1c(Cl)cc(C=Nc2sc3c(c2C(=O)Nc2ccc(Cl)cc2)CC[C@H](C(C)(C)C)C3)cc1OCC. The minimum atomic E-state index is -0.178. The number of nitrogens with one attached hydrogen (secondary N) is 1. The first-order valence-corrected chi connectivity index (χ1v) is 14.5. The molecule has 204 valence electrons. The van der Waals surface area contributed by atoms with Gasteiger partial charge in [0.1, 0.15) is 11.6 Å². The number of amides is 1. The number of terminal acetylenes is 1. The van der Waals surface area contributed by atoms with Crippen molar-refractivity contribution < 1.29 is 14.3 Å². The third kappa shape index (κ3) is 6.97. The van der Waals surface area contributed by atoms with Crippen LogP contribution in [-0.4, -0.2) is 25.3 Å². The Bertz CT molecular complexity index is 1420. The van der Waals surface area contributed by atoms with Crippen molar-refractivity contribution in [3.05, 3.63) is 68.0 Å². The summed E-state index contributed by atoms with van der Waals surface area (Å²) < 4.78 is 11.3. The highest BCUT2D eigenvalue weighted by Gasteiger charge is 2.33. The number of aliphatic imine (C=N–C) groups is 1. The molecule has 1 amide bonds. The average Bonchev–Trinajstić information content (AvgIpc) is 3.26. The molecule has 5 nitrogen and oxygen atoms in total. The lowest BCUT2D eigenvalue weighted by atomic mass is 9.72. The van der Waals surface area contributed by atoms with Gasteiger partial charge in [0.15, 0.2) is 11.5 Å². The van der Waals surface area contributed by atoms with Gasteiger partial charge in [0, 0.05) is 21.8 Å². The van der Waals surface area contributed by atoms with E-state index in [9.17, 15) is 4.79 Å². The van der Waals surface area contributed by atoms with Crippen molar-refractivity contribution in [3.8, 4) is 23.8 Å². The number of benzene rings is 2. The van der Waals surface area contributed by atoms with Crippen molar-refractivity contribution in [2.45, 2.75) is 47.0 Å². The van der Waals surface area contributed by atoms with Gasteiger partial charge in [0.2, 0.25) is 0 Å². The number of nitrogens with zero attached hydrogens (tertiary/aromatic N) is 1. The maximum Gasteiger partial charge on any atom is 0.259 e. The van der Waals surface area contributed by atoms with Crippen LogP contribution in [0.3, 0.4) is 0 Å². The van der Waals surface area contributed by atoms with Gasteiger partial charge in [-0.15, -0.1) is 17.8 Å². The normalized spacial score (nSPS) is 15.1. The third-order valence-electron chi connectivity index (χ3n) is 6.76. The fourth-order valence-electron chi connectivity index (χ4n) is 4.68. The van der Waals surface area contributed by atoms with Crippen LogP contribution in [-0.2, 0) is 12.8 Å². The van der Waals surface area contributed by atoms with Crippen LogP contribution in [0.4, 0.5) is 10.7 Å². The Balaban J connectivity index is 1.71. The number of rotatable bonds is 8. The molecule has 8 heteroatoms. The molecule has 1 aliphatic rings. The summed E-state index contributed by atoms with van der Waals surface area (Å²) in [5, 5.41) is 4.68. The second-order valence-electron chi connectivity index (χ2n) is 10.5. The molecule has 0 saturated carbocycles. The number of thiophene rings is 1. The summed E-state index contributed by atoms with van der Waals surface area (Å²) in [5.74, 6) is 3.69. The van der Waals surface area contributed by atoms with Crippen LogP contribution in [0.15, 0.2) is 41.4 Å². The Morgan fingerprint density at radius 1 is 1.23 bits per heavy atom. The Labute approximate surface area is 244 Å². The van der Waals surface area contributed by atoms with E-state index in [4.69, 9.17) is 44.1 Å². The maximum absolute atomic E-state index is 13.6. The number of hydrogen-bond donors (Lipinski definition) is 1. The molecule has 1 aromatic heterocycles. The van der Waals surface area contributed by atoms with Gasteiger partial charge in [-0.1, -0.05) is 49.9 Å². The molecule has 1 N–H and O–H groups in total. The summed E-state index contributed by atoms with van der Waals surface area (Å²) in [6.07, 6.45) is 9.85. The van der Waals surface area contributed by atoms with Gasteiger partial charge < -0.3 is 14.8 Å². The van der Waals surface area contributed by atoms with Gasteiger partial charge in [-0.25, -0.2) is 4.99 Å². The van der Waals surface area contributed by atoms with E-state index in [2.05, 4.69) is 32.0 Å². The van der Waals surface area contributed by atoms with Crippen LogP contribution < -0.4 is 14.8 Å². The molecule has 1 aliphatic carbocycles. The molecule has 0 aliphatic heterocycles. The Kier molecular flexibility index (Phi) is 9.27. The molecule has 2 aromatic carbocycles. The lowest BCUT2D eigenvalue weighted by molar-refractivity contribution is 0.102. The highest BCUT2D eigenvalue weighted by atomic mass is 35.5. The number of halogens is 2. The zero-order valence-corrected chi connectivity index (χ0v) is 24.9. The monoisotopic (exact) mass is 582 g/mol. The molecule has 0 unspecified atom stereocenters. The summed E-state index contributed by atoms with van der Waals surface area (Å²) >= 11 is 14.1. The first-order chi connectivity index (χ1) is 18.6. The first kappa shape index (κ1) is 29.0. The standard InChI is InChI=1S/C31H32Cl2N2O3S/c1-6-14-38-28-24(33)15-19(16-25(28)37-7-2)18-34-30-27(29(36)35-22-11-9-21(32)10-12-22)23-13-8-20(31(3,4)5)17-26(23)39-30/h1,9-12,15-16,18,20H,7-8,13-14,17H2,2-5H3,(H,35,36)/t20-/m0/s1. The molecule has 1 heterocycles. The number of ether oxygens (including phenoxy) is 2. The van der Waals surface area contributed by atoms with E-state index in [-0.39, 0.29) is 17.9 Å². The Morgan fingerprint density at radius 2 is 1.97 bits per heavy atom. The summed E-state index contributed by atoms with van der Waals surface area (Å²) in [5.41, 5.74) is 3.30. The quantitative estimate of drug-likeness (QED) is 0.213. The molecule has 3 aromatic rings. The van der Waals surface area contributed by atoms with Gasteiger partial charge in [-0.2, -0.15) is 0 Å². The second-order valence-corrected chi connectivity index (χ2v) is 12.4. The van der Waals surface area contributed by atoms with Crippen LogP contribution in [0.1, 0.15) is 60.5 Å². The van der Waals surface area contributed by atoms with Crippen LogP contribution in [0.2, 0.25) is 10.0 Å². The van der Waals surface area contributed by atoms with Gasteiger partial charge >= 0.3 is 0 Å². The van der Waals surface area contributed by atoms with Gasteiger partial charge in [0.25, 0.3) is 5.91 Å². The van der Waals surface area contributed by atoms with Crippen LogP contribution in [0.5, 0.6) is 11.5 Å².